The highest BCUT2D eigenvalue weighted by Gasteiger charge is 2.10. The second-order valence-corrected chi connectivity index (χ2v) is 4.56. The number of nitrogens with one attached hydrogen (secondary N) is 1. The lowest BCUT2D eigenvalue weighted by atomic mass is 10.1. The lowest BCUT2D eigenvalue weighted by Crippen LogP contribution is -2.08. The van der Waals surface area contributed by atoms with Crippen LogP contribution in [0.25, 0.3) is 0 Å². The summed E-state index contributed by atoms with van der Waals surface area (Å²) in [6, 6.07) is 15.8. The predicted molar refractivity (Wildman–Crippen MR) is 80.9 cm³/mol. The first-order valence-corrected chi connectivity index (χ1v) is 6.73. The summed E-state index contributed by atoms with van der Waals surface area (Å²) in [5.74, 6) is -0.325. The molecule has 0 aliphatic carbocycles. The number of esters is 1. The van der Waals surface area contributed by atoms with Gasteiger partial charge in [-0.25, -0.2) is 4.79 Å². The van der Waals surface area contributed by atoms with E-state index >= 15 is 0 Å². The van der Waals surface area contributed by atoms with Crippen LogP contribution in [-0.2, 0) is 17.7 Å². The van der Waals surface area contributed by atoms with Crippen LogP contribution in [-0.4, -0.2) is 13.1 Å². The molecule has 0 atom stereocenters. The number of ether oxygens (including phenoxy) is 1. The van der Waals surface area contributed by atoms with Crippen LogP contribution in [0.5, 0.6) is 0 Å². The first kappa shape index (κ1) is 14.1. The van der Waals surface area contributed by atoms with Gasteiger partial charge in [0.05, 0.1) is 12.7 Å². The molecule has 0 heterocycles. The highest BCUT2D eigenvalue weighted by atomic mass is 16.5. The maximum atomic E-state index is 11.7. The number of methoxy groups -OCH3 is 1. The number of carbonyl (C=O) groups excluding carboxylic acids is 1. The molecule has 20 heavy (non-hydrogen) atoms. The summed E-state index contributed by atoms with van der Waals surface area (Å²) in [5, 5.41) is 3.28. The number of hydrogen-bond donors (Lipinski definition) is 1. The van der Waals surface area contributed by atoms with Gasteiger partial charge in [0.15, 0.2) is 0 Å². The monoisotopic (exact) mass is 269 g/mol. The molecule has 0 spiro atoms. The van der Waals surface area contributed by atoms with Crippen molar-refractivity contribution in [1.29, 1.82) is 0 Å². The quantitative estimate of drug-likeness (QED) is 0.842. The minimum absolute atomic E-state index is 0.325. The van der Waals surface area contributed by atoms with Gasteiger partial charge in [0.2, 0.25) is 0 Å². The van der Waals surface area contributed by atoms with Crippen LogP contribution in [0.3, 0.4) is 0 Å². The molecular weight excluding hydrogens is 250 g/mol. The predicted octanol–water partition coefficient (Wildman–Crippen LogP) is 3.65. The third kappa shape index (κ3) is 3.38. The molecule has 2 rings (SSSR count). The number of benzene rings is 2. The maximum Gasteiger partial charge on any atom is 0.339 e. The Morgan fingerprint density at radius 1 is 1.05 bits per heavy atom. The van der Waals surface area contributed by atoms with Crippen molar-refractivity contribution in [2.24, 2.45) is 0 Å². The second-order valence-electron chi connectivity index (χ2n) is 4.56. The molecule has 0 aliphatic heterocycles. The molecule has 0 bridgehead atoms. The highest BCUT2D eigenvalue weighted by molar-refractivity contribution is 5.95. The summed E-state index contributed by atoms with van der Waals surface area (Å²) in [6.07, 6.45) is 1.04. The van der Waals surface area contributed by atoms with Gasteiger partial charge >= 0.3 is 5.97 Å². The van der Waals surface area contributed by atoms with Crippen LogP contribution in [0.15, 0.2) is 48.5 Å². The van der Waals surface area contributed by atoms with Crippen LogP contribution in [0.2, 0.25) is 0 Å². The van der Waals surface area contributed by atoms with Crippen LogP contribution < -0.4 is 5.32 Å². The fourth-order valence-corrected chi connectivity index (χ4v) is 2.02. The molecule has 2 aromatic rings. The molecule has 0 saturated carbocycles. The number of para-hydroxylation sites is 1. The molecule has 1 N–H and O–H groups in total. The van der Waals surface area contributed by atoms with Crippen molar-refractivity contribution in [3.05, 3.63) is 65.2 Å². The lowest BCUT2D eigenvalue weighted by molar-refractivity contribution is 0.0602. The number of aryl methyl sites for hydroxylation is 1. The number of anilines is 1. The molecule has 104 valence electrons. The molecule has 0 aliphatic rings. The van der Waals surface area contributed by atoms with Gasteiger partial charge < -0.3 is 10.1 Å². The van der Waals surface area contributed by atoms with E-state index in [9.17, 15) is 4.79 Å². The third-order valence-corrected chi connectivity index (χ3v) is 3.25. The molecule has 0 radical (unpaired) electrons. The summed E-state index contributed by atoms with van der Waals surface area (Å²) >= 11 is 0. The van der Waals surface area contributed by atoms with Crippen molar-refractivity contribution in [3.8, 4) is 0 Å². The van der Waals surface area contributed by atoms with Gasteiger partial charge in [0.25, 0.3) is 0 Å². The Balaban J connectivity index is 2.08. The Labute approximate surface area is 119 Å². The zero-order chi connectivity index (χ0) is 14.4. The summed E-state index contributed by atoms with van der Waals surface area (Å²) in [5.41, 5.74) is 3.85. The van der Waals surface area contributed by atoms with E-state index in [0.717, 1.165) is 12.1 Å². The smallest absolute Gasteiger partial charge is 0.339 e. The van der Waals surface area contributed by atoms with Gasteiger partial charge in [-0.05, 0) is 29.7 Å². The fraction of sp³-hybridized carbons (Fsp3) is 0.235. The van der Waals surface area contributed by atoms with Crippen LogP contribution in [0, 0.1) is 0 Å². The lowest BCUT2D eigenvalue weighted by Gasteiger charge is -2.11. The highest BCUT2D eigenvalue weighted by Crippen LogP contribution is 2.17. The molecule has 0 unspecified atom stereocenters. The second kappa shape index (κ2) is 6.75. The molecule has 0 amide bonds. The third-order valence-electron chi connectivity index (χ3n) is 3.25. The normalized spacial score (nSPS) is 10.1. The zero-order valence-corrected chi connectivity index (χ0v) is 11.8. The van der Waals surface area contributed by atoms with E-state index in [4.69, 9.17) is 4.74 Å². The maximum absolute atomic E-state index is 11.7. The Bertz CT molecular complexity index is 576. The average molecular weight is 269 g/mol. The van der Waals surface area contributed by atoms with Crippen LogP contribution in [0.1, 0.15) is 28.4 Å². The first-order chi connectivity index (χ1) is 9.74. The number of carbonyl (C=O) groups is 1. The van der Waals surface area contributed by atoms with Gasteiger partial charge in [-0.15, -0.1) is 0 Å². The van der Waals surface area contributed by atoms with E-state index in [0.29, 0.717) is 12.1 Å². The number of hydrogen-bond acceptors (Lipinski definition) is 3. The molecule has 3 nitrogen and oxygen atoms in total. The topological polar surface area (TPSA) is 38.3 Å². The van der Waals surface area contributed by atoms with E-state index in [1.54, 1.807) is 6.07 Å². The SMILES string of the molecule is CCc1ccc(CNc2ccccc2C(=O)OC)cc1. The zero-order valence-electron chi connectivity index (χ0n) is 11.8. The summed E-state index contributed by atoms with van der Waals surface area (Å²) in [4.78, 5) is 11.7. The number of rotatable bonds is 5. The van der Waals surface area contributed by atoms with Crippen molar-refractivity contribution in [2.45, 2.75) is 19.9 Å². The van der Waals surface area contributed by atoms with Gasteiger partial charge in [-0.2, -0.15) is 0 Å². The van der Waals surface area contributed by atoms with E-state index in [2.05, 4.69) is 36.5 Å². The van der Waals surface area contributed by atoms with Crippen LogP contribution in [0.4, 0.5) is 5.69 Å². The first-order valence-electron chi connectivity index (χ1n) is 6.73. The van der Waals surface area contributed by atoms with E-state index < -0.39 is 0 Å². The summed E-state index contributed by atoms with van der Waals surface area (Å²) < 4.78 is 4.78. The van der Waals surface area contributed by atoms with Crippen molar-refractivity contribution < 1.29 is 9.53 Å². The van der Waals surface area contributed by atoms with Crippen LogP contribution >= 0.6 is 0 Å². The minimum Gasteiger partial charge on any atom is -0.465 e. The van der Waals surface area contributed by atoms with Crippen molar-refractivity contribution >= 4 is 11.7 Å². The average Bonchev–Trinajstić information content (AvgIpc) is 2.53. The Morgan fingerprint density at radius 3 is 2.35 bits per heavy atom. The fourth-order valence-electron chi connectivity index (χ4n) is 2.02. The molecular formula is C17H19NO2. The Morgan fingerprint density at radius 2 is 1.70 bits per heavy atom. The van der Waals surface area contributed by atoms with E-state index in [1.165, 1.54) is 18.2 Å². The largest absolute Gasteiger partial charge is 0.465 e. The molecule has 0 saturated heterocycles. The Kier molecular flexibility index (Phi) is 4.77. The van der Waals surface area contributed by atoms with E-state index in [1.807, 2.05) is 18.2 Å². The van der Waals surface area contributed by atoms with Crippen molar-refractivity contribution in [3.63, 3.8) is 0 Å². The molecule has 3 heteroatoms. The molecule has 0 aromatic heterocycles. The van der Waals surface area contributed by atoms with Gasteiger partial charge in [-0.3, -0.25) is 0 Å². The summed E-state index contributed by atoms with van der Waals surface area (Å²) in [7, 11) is 1.39. The van der Waals surface area contributed by atoms with Crippen molar-refractivity contribution in [1.82, 2.24) is 0 Å². The van der Waals surface area contributed by atoms with Gasteiger partial charge in [0, 0.05) is 12.2 Å². The Hall–Kier alpha value is -2.29. The van der Waals surface area contributed by atoms with Gasteiger partial charge in [0.1, 0.15) is 0 Å². The van der Waals surface area contributed by atoms with Crippen molar-refractivity contribution in [2.75, 3.05) is 12.4 Å². The summed E-state index contributed by atoms with van der Waals surface area (Å²) in [6.45, 7) is 2.82. The van der Waals surface area contributed by atoms with E-state index in [-0.39, 0.29) is 5.97 Å². The van der Waals surface area contributed by atoms with Gasteiger partial charge in [-0.1, -0.05) is 43.3 Å². The standard InChI is InChI=1S/C17H19NO2/c1-3-13-8-10-14(11-9-13)12-18-16-7-5-4-6-15(16)17(19)20-2/h4-11,18H,3,12H2,1-2H3. The molecule has 0 fully saturated rings. The minimum atomic E-state index is -0.325. The molecule has 2 aromatic carbocycles.